The van der Waals surface area contributed by atoms with E-state index in [9.17, 15) is 24.5 Å². The molecular weight excluding hydrogens is 284 g/mol. The molecule has 0 saturated heterocycles. The third-order valence-electron chi connectivity index (χ3n) is 2.73. The Morgan fingerprint density at radius 1 is 1.33 bits per heavy atom. The number of nitrogens with zero attached hydrogens (tertiary/aromatic N) is 1. The molecule has 21 heavy (non-hydrogen) atoms. The first kappa shape index (κ1) is 16.1. The van der Waals surface area contributed by atoms with Crippen LogP contribution in [0.5, 0.6) is 0 Å². The molecule has 3 N–H and O–H groups in total. The number of hydrogen-bond donors (Lipinski definition) is 3. The zero-order valence-corrected chi connectivity index (χ0v) is 10.9. The maximum atomic E-state index is 11.9. The highest BCUT2D eigenvalue weighted by molar-refractivity contribution is 5.99. The molecule has 9 heteroatoms. The number of carbonyl (C=O) groups excluding carboxylic acids is 1. The molecule has 1 rings (SSSR count). The summed E-state index contributed by atoms with van der Waals surface area (Å²) in [6, 6.07) is 2.16. The van der Waals surface area contributed by atoms with Gasteiger partial charge >= 0.3 is 11.9 Å². The highest BCUT2D eigenvalue weighted by Crippen LogP contribution is 2.21. The van der Waals surface area contributed by atoms with E-state index in [0.29, 0.717) is 0 Å². The molecule has 1 aromatic carbocycles. The zero-order valence-electron chi connectivity index (χ0n) is 10.9. The molecule has 0 saturated carbocycles. The summed E-state index contributed by atoms with van der Waals surface area (Å²) in [5.41, 5.74) is -0.298. The minimum atomic E-state index is -1.62. The standard InChI is InChI=1S/C12H12N2O7/c1-6-7(3-2-4-9(6)14(20)21)11(17)13-8(12(18)19)5-10(15)16/h2-4,8H,5H2,1H3,(H,13,17)(H,15,16)(H,18,19). The fourth-order valence-electron chi connectivity index (χ4n) is 1.68. The fraction of sp³-hybridized carbons (Fsp3) is 0.250. The predicted octanol–water partition coefficient (Wildman–Crippen LogP) is 0.561. The Morgan fingerprint density at radius 3 is 2.43 bits per heavy atom. The number of rotatable bonds is 6. The van der Waals surface area contributed by atoms with Gasteiger partial charge in [0.05, 0.1) is 11.3 Å². The van der Waals surface area contributed by atoms with Gasteiger partial charge in [-0.2, -0.15) is 0 Å². The number of carboxylic acids is 2. The molecule has 0 spiro atoms. The van der Waals surface area contributed by atoms with Crippen LogP contribution in [0.1, 0.15) is 22.3 Å². The van der Waals surface area contributed by atoms with Crippen molar-refractivity contribution in [1.29, 1.82) is 0 Å². The number of carboxylic acid groups (broad SMARTS) is 2. The minimum Gasteiger partial charge on any atom is -0.481 e. The van der Waals surface area contributed by atoms with E-state index in [-0.39, 0.29) is 16.8 Å². The SMILES string of the molecule is Cc1c(C(=O)NC(CC(=O)O)C(=O)O)cccc1[N+](=O)[O-]. The molecular formula is C12H12N2O7. The van der Waals surface area contributed by atoms with Crippen molar-refractivity contribution in [2.24, 2.45) is 0 Å². The zero-order chi connectivity index (χ0) is 16.2. The van der Waals surface area contributed by atoms with E-state index in [4.69, 9.17) is 10.2 Å². The van der Waals surface area contributed by atoms with Crippen molar-refractivity contribution in [3.63, 3.8) is 0 Å². The van der Waals surface area contributed by atoms with E-state index in [1.807, 2.05) is 5.32 Å². The summed E-state index contributed by atoms with van der Waals surface area (Å²) in [6.45, 7) is 1.35. The van der Waals surface area contributed by atoms with Crippen LogP contribution >= 0.6 is 0 Å². The lowest BCUT2D eigenvalue weighted by atomic mass is 10.1. The second-order valence-electron chi connectivity index (χ2n) is 4.17. The van der Waals surface area contributed by atoms with Crippen LogP contribution in [0.2, 0.25) is 0 Å². The van der Waals surface area contributed by atoms with Gasteiger partial charge in [-0.25, -0.2) is 4.79 Å². The van der Waals surface area contributed by atoms with Crippen molar-refractivity contribution >= 4 is 23.5 Å². The molecule has 0 aromatic heterocycles. The quantitative estimate of drug-likeness (QED) is 0.513. The normalized spacial score (nSPS) is 11.5. The van der Waals surface area contributed by atoms with Crippen LogP contribution in [0.3, 0.4) is 0 Å². The van der Waals surface area contributed by atoms with Crippen LogP contribution in [0.15, 0.2) is 18.2 Å². The van der Waals surface area contributed by atoms with Crippen LogP contribution in [-0.2, 0) is 9.59 Å². The summed E-state index contributed by atoms with van der Waals surface area (Å²) in [5.74, 6) is -3.78. The predicted molar refractivity (Wildman–Crippen MR) is 69.0 cm³/mol. The summed E-state index contributed by atoms with van der Waals surface area (Å²) in [6.07, 6.45) is -0.797. The molecule has 0 radical (unpaired) electrons. The molecule has 1 amide bonds. The van der Waals surface area contributed by atoms with Crippen LogP contribution in [0.25, 0.3) is 0 Å². The van der Waals surface area contributed by atoms with Crippen LogP contribution in [-0.4, -0.2) is 39.0 Å². The average Bonchev–Trinajstić information content (AvgIpc) is 2.36. The number of carbonyl (C=O) groups is 3. The van der Waals surface area contributed by atoms with Gasteiger partial charge < -0.3 is 15.5 Å². The van der Waals surface area contributed by atoms with Crippen molar-refractivity contribution in [1.82, 2.24) is 5.32 Å². The molecule has 0 aliphatic rings. The Bertz CT molecular complexity index is 612. The summed E-state index contributed by atoms with van der Waals surface area (Å²) in [4.78, 5) is 43.5. The molecule has 0 heterocycles. The van der Waals surface area contributed by atoms with E-state index < -0.39 is 35.2 Å². The molecule has 0 aliphatic carbocycles. The van der Waals surface area contributed by atoms with Crippen molar-refractivity contribution < 1.29 is 29.5 Å². The number of aliphatic carboxylic acids is 2. The Kier molecular flexibility index (Phi) is 4.95. The first-order chi connectivity index (χ1) is 9.73. The highest BCUT2D eigenvalue weighted by Gasteiger charge is 2.25. The van der Waals surface area contributed by atoms with Gasteiger partial charge in [0.15, 0.2) is 0 Å². The third-order valence-corrected chi connectivity index (χ3v) is 2.73. The Hall–Kier alpha value is -2.97. The lowest BCUT2D eigenvalue weighted by Crippen LogP contribution is -2.42. The van der Waals surface area contributed by atoms with E-state index >= 15 is 0 Å². The second kappa shape index (κ2) is 6.46. The Morgan fingerprint density at radius 2 is 1.95 bits per heavy atom. The van der Waals surface area contributed by atoms with Gasteiger partial charge in [0.2, 0.25) is 0 Å². The van der Waals surface area contributed by atoms with E-state index in [0.717, 1.165) is 0 Å². The van der Waals surface area contributed by atoms with E-state index in [1.54, 1.807) is 0 Å². The van der Waals surface area contributed by atoms with Crippen LogP contribution in [0, 0.1) is 17.0 Å². The second-order valence-corrected chi connectivity index (χ2v) is 4.17. The van der Waals surface area contributed by atoms with Crippen molar-refractivity contribution in [3.8, 4) is 0 Å². The highest BCUT2D eigenvalue weighted by atomic mass is 16.6. The molecule has 0 aliphatic heterocycles. The van der Waals surface area contributed by atoms with E-state index in [2.05, 4.69) is 0 Å². The van der Waals surface area contributed by atoms with Gasteiger partial charge in [0.25, 0.3) is 11.6 Å². The monoisotopic (exact) mass is 296 g/mol. The summed E-state index contributed by atoms with van der Waals surface area (Å²) in [5, 5.41) is 30.2. The molecule has 1 unspecified atom stereocenters. The minimum absolute atomic E-state index is 0.0689. The van der Waals surface area contributed by atoms with E-state index in [1.165, 1.54) is 25.1 Å². The first-order valence-corrected chi connectivity index (χ1v) is 5.73. The molecule has 9 nitrogen and oxygen atoms in total. The molecule has 1 aromatic rings. The first-order valence-electron chi connectivity index (χ1n) is 5.73. The van der Waals surface area contributed by atoms with Crippen LogP contribution < -0.4 is 5.32 Å². The maximum Gasteiger partial charge on any atom is 0.326 e. The largest absolute Gasteiger partial charge is 0.481 e. The van der Waals surface area contributed by atoms with Gasteiger partial charge in [-0.05, 0) is 13.0 Å². The maximum absolute atomic E-state index is 11.9. The number of benzene rings is 1. The Balaban J connectivity index is 3.03. The van der Waals surface area contributed by atoms with Gasteiger partial charge in [-0.15, -0.1) is 0 Å². The van der Waals surface area contributed by atoms with Crippen molar-refractivity contribution in [2.45, 2.75) is 19.4 Å². The summed E-state index contributed by atoms with van der Waals surface area (Å²) in [7, 11) is 0. The summed E-state index contributed by atoms with van der Waals surface area (Å²) < 4.78 is 0. The molecule has 0 fully saturated rings. The molecule has 0 bridgehead atoms. The van der Waals surface area contributed by atoms with Gasteiger partial charge in [0, 0.05) is 17.2 Å². The van der Waals surface area contributed by atoms with Gasteiger partial charge in [-0.1, -0.05) is 6.07 Å². The lowest BCUT2D eigenvalue weighted by Gasteiger charge is -2.13. The number of nitrogens with one attached hydrogen (secondary N) is 1. The number of hydrogen-bond acceptors (Lipinski definition) is 5. The fourth-order valence-corrected chi connectivity index (χ4v) is 1.68. The number of nitro groups is 1. The summed E-state index contributed by atoms with van der Waals surface area (Å²) >= 11 is 0. The topological polar surface area (TPSA) is 147 Å². The van der Waals surface area contributed by atoms with Gasteiger partial charge in [-0.3, -0.25) is 19.7 Å². The van der Waals surface area contributed by atoms with Crippen molar-refractivity contribution in [3.05, 3.63) is 39.4 Å². The number of nitro benzene ring substituents is 1. The lowest BCUT2D eigenvalue weighted by molar-refractivity contribution is -0.385. The third kappa shape index (κ3) is 4.00. The smallest absolute Gasteiger partial charge is 0.326 e. The van der Waals surface area contributed by atoms with Gasteiger partial charge in [0.1, 0.15) is 6.04 Å². The Labute approximate surface area is 118 Å². The molecule has 1 atom stereocenters. The molecule has 112 valence electrons. The number of amides is 1. The van der Waals surface area contributed by atoms with Crippen molar-refractivity contribution in [2.75, 3.05) is 0 Å². The van der Waals surface area contributed by atoms with Crippen LogP contribution in [0.4, 0.5) is 5.69 Å². The average molecular weight is 296 g/mol.